The third kappa shape index (κ3) is 2.68. The fourth-order valence-electron chi connectivity index (χ4n) is 2.79. The maximum absolute atomic E-state index is 11.8. The van der Waals surface area contributed by atoms with Crippen molar-refractivity contribution in [2.45, 2.75) is 18.9 Å². The number of nitrogens with zero attached hydrogens (tertiary/aromatic N) is 4. The molecule has 2 fully saturated rings. The predicted octanol–water partition coefficient (Wildman–Crippen LogP) is 0.257. The Morgan fingerprint density at radius 2 is 2.44 bits per heavy atom. The second-order valence-electron chi connectivity index (χ2n) is 4.86. The lowest BCUT2D eigenvalue weighted by Gasteiger charge is -2.36. The fraction of sp³-hybridized carbons (Fsp3) is 0.727. The first-order valence-corrected chi connectivity index (χ1v) is 7.21. The minimum atomic E-state index is 0.0122. The molecule has 1 N–H and O–H groups in total. The van der Waals surface area contributed by atoms with E-state index in [2.05, 4.69) is 25.3 Å². The molecule has 7 heteroatoms. The van der Waals surface area contributed by atoms with Crippen LogP contribution in [0.4, 0.5) is 5.13 Å². The Balaban J connectivity index is 1.49. The highest BCUT2D eigenvalue weighted by atomic mass is 32.1. The van der Waals surface area contributed by atoms with Gasteiger partial charge in [-0.05, 0) is 19.4 Å². The molecule has 2 saturated heterocycles. The monoisotopic (exact) mass is 267 g/mol. The molecule has 18 heavy (non-hydrogen) atoms. The van der Waals surface area contributed by atoms with Crippen LogP contribution >= 0.6 is 11.3 Å². The highest BCUT2D eigenvalue weighted by Crippen LogP contribution is 2.21. The summed E-state index contributed by atoms with van der Waals surface area (Å²) in [5.74, 6) is 0.0122. The molecule has 3 rings (SSSR count). The van der Waals surface area contributed by atoms with Crippen LogP contribution in [-0.4, -0.2) is 64.7 Å². The zero-order chi connectivity index (χ0) is 12.4. The van der Waals surface area contributed by atoms with E-state index in [1.54, 1.807) is 5.51 Å². The van der Waals surface area contributed by atoms with E-state index in [9.17, 15) is 4.79 Å². The summed E-state index contributed by atoms with van der Waals surface area (Å²) in [5.41, 5.74) is 1.62. The molecule has 0 bridgehead atoms. The van der Waals surface area contributed by atoms with Gasteiger partial charge in [-0.1, -0.05) is 11.3 Å². The number of carbonyl (C=O) groups excluding carboxylic acids is 1. The van der Waals surface area contributed by atoms with Crippen molar-refractivity contribution < 1.29 is 4.79 Å². The van der Waals surface area contributed by atoms with Crippen LogP contribution in [0.3, 0.4) is 0 Å². The van der Waals surface area contributed by atoms with Gasteiger partial charge >= 0.3 is 0 Å². The number of aromatic nitrogens is 2. The summed E-state index contributed by atoms with van der Waals surface area (Å²) in [5, 5.41) is 10.9. The molecule has 1 unspecified atom stereocenters. The van der Waals surface area contributed by atoms with Gasteiger partial charge in [0.05, 0.1) is 6.54 Å². The van der Waals surface area contributed by atoms with Gasteiger partial charge < -0.3 is 0 Å². The second kappa shape index (κ2) is 5.29. The topological polar surface area (TPSA) is 61.4 Å². The minimum Gasteiger partial charge on any atom is -0.299 e. The minimum absolute atomic E-state index is 0.0122. The summed E-state index contributed by atoms with van der Waals surface area (Å²) >= 11 is 1.35. The quantitative estimate of drug-likeness (QED) is 0.851. The molecule has 1 aromatic heterocycles. The number of anilines is 1. The third-order valence-electron chi connectivity index (χ3n) is 3.65. The zero-order valence-electron chi connectivity index (χ0n) is 10.2. The van der Waals surface area contributed by atoms with E-state index in [4.69, 9.17) is 0 Å². The first kappa shape index (κ1) is 12.0. The van der Waals surface area contributed by atoms with E-state index in [-0.39, 0.29) is 5.91 Å². The van der Waals surface area contributed by atoms with Crippen molar-refractivity contribution in [3.63, 3.8) is 0 Å². The number of nitrogens with one attached hydrogen (secondary N) is 1. The molecular weight excluding hydrogens is 250 g/mol. The third-order valence-corrected chi connectivity index (χ3v) is 4.25. The molecule has 1 aromatic rings. The highest BCUT2D eigenvalue weighted by molar-refractivity contribution is 7.13. The normalized spacial score (nSPS) is 25.0. The largest absolute Gasteiger partial charge is 0.299 e. The Morgan fingerprint density at radius 3 is 3.28 bits per heavy atom. The summed E-state index contributed by atoms with van der Waals surface area (Å²) in [6.45, 7) is 4.79. The number of carbonyl (C=O) groups is 1. The van der Waals surface area contributed by atoms with Gasteiger partial charge in [0, 0.05) is 25.7 Å². The van der Waals surface area contributed by atoms with Crippen LogP contribution in [-0.2, 0) is 4.79 Å². The molecular formula is C11H17N5OS. The Kier molecular flexibility index (Phi) is 3.53. The van der Waals surface area contributed by atoms with Crippen molar-refractivity contribution in [2.24, 2.45) is 0 Å². The highest BCUT2D eigenvalue weighted by Gasteiger charge is 2.31. The summed E-state index contributed by atoms with van der Waals surface area (Å²) < 4.78 is 0. The van der Waals surface area contributed by atoms with Gasteiger partial charge in [-0.25, -0.2) is 0 Å². The maximum Gasteiger partial charge on any atom is 0.240 e. The smallest absolute Gasteiger partial charge is 0.240 e. The van der Waals surface area contributed by atoms with E-state index in [0.717, 1.165) is 19.6 Å². The van der Waals surface area contributed by atoms with Crippen LogP contribution in [0, 0.1) is 0 Å². The average molecular weight is 267 g/mol. The van der Waals surface area contributed by atoms with Gasteiger partial charge in [0.15, 0.2) is 0 Å². The standard InChI is InChI=1S/C11H17N5OS/c17-10(13-11-14-12-8-18-11)7-15-4-5-16-3-1-2-9(16)6-15/h8-9H,1-7H2,(H,13,14,17). The lowest BCUT2D eigenvalue weighted by Crippen LogP contribution is -2.51. The van der Waals surface area contributed by atoms with Crippen molar-refractivity contribution in [1.82, 2.24) is 20.0 Å². The summed E-state index contributed by atoms with van der Waals surface area (Å²) in [4.78, 5) is 16.6. The summed E-state index contributed by atoms with van der Waals surface area (Å²) in [6.07, 6.45) is 2.57. The Bertz CT molecular complexity index is 410. The van der Waals surface area contributed by atoms with Crippen LogP contribution in [0.2, 0.25) is 0 Å². The number of hydrogen-bond donors (Lipinski definition) is 1. The van der Waals surface area contributed by atoms with E-state index in [1.807, 2.05) is 0 Å². The zero-order valence-corrected chi connectivity index (χ0v) is 11.0. The number of rotatable bonds is 3. The number of hydrogen-bond acceptors (Lipinski definition) is 6. The predicted molar refractivity (Wildman–Crippen MR) is 69.6 cm³/mol. The lowest BCUT2D eigenvalue weighted by atomic mass is 10.1. The van der Waals surface area contributed by atoms with E-state index in [1.165, 1.54) is 30.7 Å². The second-order valence-corrected chi connectivity index (χ2v) is 5.69. The first-order chi connectivity index (χ1) is 8.81. The molecule has 0 saturated carbocycles. The summed E-state index contributed by atoms with van der Waals surface area (Å²) in [7, 11) is 0. The van der Waals surface area contributed by atoms with Crippen LogP contribution in [0.5, 0.6) is 0 Å². The maximum atomic E-state index is 11.8. The fourth-order valence-corrected chi connectivity index (χ4v) is 3.25. The Hall–Kier alpha value is -1.05. The molecule has 98 valence electrons. The molecule has 0 spiro atoms. The van der Waals surface area contributed by atoms with Crippen molar-refractivity contribution >= 4 is 22.4 Å². The first-order valence-electron chi connectivity index (χ1n) is 6.34. The van der Waals surface area contributed by atoms with Crippen LogP contribution in [0.15, 0.2) is 5.51 Å². The van der Waals surface area contributed by atoms with Crippen molar-refractivity contribution in [2.75, 3.05) is 38.0 Å². The number of amides is 1. The Morgan fingerprint density at radius 1 is 1.50 bits per heavy atom. The SMILES string of the molecule is O=C(CN1CCN2CCCC2C1)Nc1nncs1. The van der Waals surface area contributed by atoms with Gasteiger partial charge in [-0.15, -0.1) is 10.2 Å². The molecule has 2 aliphatic rings. The molecule has 2 aliphatic heterocycles. The van der Waals surface area contributed by atoms with Crippen molar-refractivity contribution in [3.8, 4) is 0 Å². The molecule has 0 aromatic carbocycles. The van der Waals surface area contributed by atoms with Gasteiger partial charge in [0.25, 0.3) is 0 Å². The average Bonchev–Trinajstić information content (AvgIpc) is 2.98. The number of piperazine rings is 1. The molecule has 1 amide bonds. The van der Waals surface area contributed by atoms with E-state index >= 15 is 0 Å². The Labute approximate surface area is 110 Å². The molecule has 3 heterocycles. The van der Waals surface area contributed by atoms with Gasteiger partial charge in [-0.3, -0.25) is 19.9 Å². The lowest BCUT2D eigenvalue weighted by molar-refractivity contribution is -0.117. The van der Waals surface area contributed by atoms with Crippen LogP contribution in [0.25, 0.3) is 0 Å². The van der Waals surface area contributed by atoms with E-state index in [0.29, 0.717) is 17.7 Å². The summed E-state index contributed by atoms with van der Waals surface area (Å²) in [6, 6.07) is 0.660. The van der Waals surface area contributed by atoms with E-state index < -0.39 is 0 Å². The molecule has 6 nitrogen and oxygen atoms in total. The van der Waals surface area contributed by atoms with Crippen LogP contribution in [0.1, 0.15) is 12.8 Å². The van der Waals surface area contributed by atoms with Crippen molar-refractivity contribution in [1.29, 1.82) is 0 Å². The van der Waals surface area contributed by atoms with Gasteiger partial charge in [0.1, 0.15) is 5.51 Å². The van der Waals surface area contributed by atoms with Gasteiger partial charge in [0.2, 0.25) is 11.0 Å². The molecule has 0 aliphatic carbocycles. The molecule has 0 radical (unpaired) electrons. The molecule has 1 atom stereocenters. The van der Waals surface area contributed by atoms with Crippen LogP contribution < -0.4 is 5.32 Å². The van der Waals surface area contributed by atoms with Crippen molar-refractivity contribution in [3.05, 3.63) is 5.51 Å². The van der Waals surface area contributed by atoms with Gasteiger partial charge in [-0.2, -0.15) is 0 Å². The number of fused-ring (bicyclic) bond motifs is 1.